The Morgan fingerprint density at radius 3 is 2.67 bits per heavy atom. The van der Waals surface area contributed by atoms with E-state index in [-0.39, 0.29) is 17.2 Å². The maximum Gasteiger partial charge on any atom is 0.233 e. The summed E-state index contributed by atoms with van der Waals surface area (Å²) < 4.78 is 0. The van der Waals surface area contributed by atoms with Gasteiger partial charge in [0.2, 0.25) is 11.8 Å². The fraction of sp³-hybridized carbons (Fsp3) is 0.778. The summed E-state index contributed by atoms with van der Waals surface area (Å²) >= 11 is 0. The van der Waals surface area contributed by atoms with Crippen molar-refractivity contribution in [1.82, 2.24) is 5.32 Å². The van der Waals surface area contributed by atoms with Crippen LogP contribution in [0.3, 0.4) is 0 Å². The van der Waals surface area contributed by atoms with Gasteiger partial charge in [-0.15, -0.1) is 0 Å². The van der Waals surface area contributed by atoms with E-state index in [4.69, 9.17) is 0 Å². The van der Waals surface area contributed by atoms with Crippen LogP contribution in [0.2, 0.25) is 0 Å². The second-order valence-corrected chi connectivity index (χ2v) is 4.18. The number of imide groups is 1. The summed E-state index contributed by atoms with van der Waals surface area (Å²) in [6, 6.07) is 0. The van der Waals surface area contributed by atoms with Gasteiger partial charge in [0.25, 0.3) is 0 Å². The maximum atomic E-state index is 11.5. The fourth-order valence-electron chi connectivity index (χ4n) is 2.37. The molecule has 1 aliphatic carbocycles. The van der Waals surface area contributed by atoms with Crippen LogP contribution in [0.1, 0.15) is 26.7 Å². The van der Waals surface area contributed by atoms with E-state index in [9.17, 15) is 9.59 Å². The molecule has 0 spiro atoms. The highest BCUT2D eigenvalue weighted by molar-refractivity contribution is 6.03. The Morgan fingerprint density at radius 1 is 1.50 bits per heavy atom. The average Bonchev–Trinajstić information content (AvgIpc) is 2.62. The molecule has 2 unspecified atom stereocenters. The third-order valence-electron chi connectivity index (χ3n) is 3.29. The Bertz CT molecular complexity index is 259. The van der Waals surface area contributed by atoms with Crippen LogP contribution in [0.5, 0.6) is 0 Å². The van der Waals surface area contributed by atoms with Gasteiger partial charge in [0, 0.05) is 6.42 Å². The van der Waals surface area contributed by atoms with Crippen molar-refractivity contribution in [2.75, 3.05) is 0 Å². The molecule has 2 fully saturated rings. The predicted molar refractivity (Wildman–Crippen MR) is 43.1 cm³/mol. The van der Waals surface area contributed by atoms with Gasteiger partial charge in [0.15, 0.2) is 0 Å². The number of hydrogen-bond acceptors (Lipinski definition) is 2. The number of amides is 2. The highest BCUT2D eigenvalue weighted by atomic mass is 16.2. The van der Waals surface area contributed by atoms with Gasteiger partial charge >= 0.3 is 0 Å². The minimum absolute atomic E-state index is 0.0428. The number of piperidine rings is 1. The minimum Gasteiger partial charge on any atom is -0.296 e. The second kappa shape index (κ2) is 2.09. The van der Waals surface area contributed by atoms with E-state index >= 15 is 0 Å². The molecule has 3 nitrogen and oxygen atoms in total. The number of hydrogen-bond donors (Lipinski definition) is 1. The minimum atomic E-state index is -0.187. The molecule has 3 heteroatoms. The van der Waals surface area contributed by atoms with Gasteiger partial charge in [-0.2, -0.15) is 0 Å². The molecule has 0 radical (unpaired) electrons. The van der Waals surface area contributed by atoms with Crippen molar-refractivity contribution in [2.45, 2.75) is 26.7 Å². The van der Waals surface area contributed by atoms with E-state index in [0.29, 0.717) is 18.3 Å². The van der Waals surface area contributed by atoms with Crippen LogP contribution < -0.4 is 5.32 Å². The predicted octanol–water partition coefficient (Wildman–Crippen LogP) is 0.695. The standard InChI is InChI=1S/C9H13NO2/c1-5(2)9-4-6(9)3-7(11)10-8(9)12/h5-6H,3-4H2,1-2H3,(H,10,11,12). The van der Waals surface area contributed by atoms with Gasteiger partial charge < -0.3 is 0 Å². The lowest BCUT2D eigenvalue weighted by Gasteiger charge is -2.24. The molecule has 0 aromatic carbocycles. The fourth-order valence-corrected chi connectivity index (χ4v) is 2.37. The molecule has 66 valence electrons. The molecule has 2 rings (SSSR count). The van der Waals surface area contributed by atoms with Crippen molar-refractivity contribution in [3.8, 4) is 0 Å². The van der Waals surface area contributed by atoms with Crippen molar-refractivity contribution in [1.29, 1.82) is 0 Å². The zero-order chi connectivity index (χ0) is 8.93. The van der Waals surface area contributed by atoms with E-state index in [1.807, 2.05) is 0 Å². The lowest BCUT2D eigenvalue weighted by atomic mass is 9.86. The quantitative estimate of drug-likeness (QED) is 0.584. The van der Waals surface area contributed by atoms with Crippen LogP contribution in [0.4, 0.5) is 0 Å². The van der Waals surface area contributed by atoms with Gasteiger partial charge in [0.05, 0.1) is 5.41 Å². The number of rotatable bonds is 1. The first-order chi connectivity index (χ1) is 5.57. The van der Waals surface area contributed by atoms with E-state index < -0.39 is 0 Å². The zero-order valence-corrected chi connectivity index (χ0v) is 7.39. The average molecular weight is 167 g/mol. The van der Waals surface area contributed by atoms with E-state index in [1.165, 1.54) is 0 Å². The Morgan fingerprint density at radius 2 is 2.17 bits per heavy atom. The van der Waals surface area contributed by atoms with Crippen molar-refractivity contribution in [2.24, 2.45) is 17.3 Å². The van der Waals surface area contributed by atoms with Crippen molar-refractivity contribution in [3.63, 3.8) is 0 Å². The number of fused-ring (bicyclic) bond motifs is 1. The Hall–Kier alpha value is -0.860. The topological polar surface area (TPSA) is 46.2 Å². The molecule has 12 heavy (non-hydrogen) atoms. The summed E-state index contributed by atoms with van der Waals surface area (Å²) in [5, 5.41) is 2.42. The number of carbonyl (C=O) groups excluding carboxylic acids is 2. The van der Waals surface area contributed by atoms with E-state index in [0.717, 1.165) is 6.42 Å². The molecule has 1 heterocycles. The maximum absolute atomic E-state index is 11.5. The zero-order valence-electron chi connectivity index (χ0n) is 7.39. The Kier molecular flexibility index (Phi) is 1.35. The highest BCUT2D eigenvalue weighted by Crippen LogP contribution is 2.61. The third kappa shape index (κ3) is 0.765. The normalized spacial score (nSPS) is 39.4. The molecular weight excluding hydrogens is 154 g/mol. The summed E-state index contributed by atoms with van der Waals surface area (Å²) in [4.78, 5) is 22.4. The molecule has 0 bridgehead atoms. The number of carbonyl (C=O) groups is 2. The van der Waals surface area contributed by atoms with Crippen LogP contribution in [-0.4, -0.2) is 11.8 Å². The van der Waals surface area contributed by atoms with Crippen LogP contribution in [0, 0.1) is 17.3 Å². The van der Waals surface area contributed by atoms with Crippen molar-refractivity contribution < 1.29 is 9.59 Å². The second-order valence-electron chi connectivity index (χ2n) is 4.18. The Labute approximate surface area is 71.5 Å². The summed E-state index contributed by atoms with van der Waals surface area (Å²) in [5.41, 5.74) is -0.187. The smallest absolute Gasteiger partial charge is 0.233 e. The molecule has 0 aromatic heterocycles. The first-order valence-corrected chi connectivity index (χ1v) is 4.41. The first kappa shape index (κ1) is 7.77. The lowest BCUT2D eigenvalue weighted by molar-refractivity contribution is -0.138. The summed E-state index contributed by atoms with van der Waals surface area (Å²) in [6.45, 7) is 4.10. The molecule has 2 amide bonds. The molecule has 1 saturated heterocycles. The Balaban J connectivity index is 2.23. The van der Waals surface area contributed by atoms with Crippen LogP contribution in [0.15, 0.2) is 0 Å². The van der Waals surface area contributed by atoms with E-state index in [1.54, 1.807) is 0 Å². The molecule has 1 saturated carbocycles. The van der Waals surface area contributed by atoms with Crippen LogP contribution >= 0.6 is 0 Å². The first-order valence-electron chi connectivity index (χ1n) is 4.41. The van der Waals surface area contributed by atoms with Gasteiger partial charge in [0.1, 0.15) is 0 Å². The molecular formula is C9H13NO2. The molecule has 0 aromatic rings. The molecule has 2 atom stereocenters. The molecule has 1 N–H and O–H groups in total. The molecule has 2 aliphatic rings. The summed E-state index contributed by atoms with van der Waals surface area (Å²) in [6.07, 6.45) is 1.45. The van der Waals surface area contributed by atoms with Gasteiger partial charge in [-0.1, -0.05) is 13.8 Å². The number of nitrogens with one attached hydrogen (secondary N) is 1. The van der Waals surface area contributed by atoms with Gasteiger partial charge in [-0.25, -0.2) is 0 Å². The third-order valence-corrected chi connectivity index (χ3v) is 3.29. The molecule has 1 aliphatic heterocycles. The van der Waals surface area contributed by atoms with Crippen LogP contribution in [0.25, 0.3) is 0 Å². The summed E-state index contributed by atoms with van der Waals surface area (Å²) in [7, 11) is 0. The van der Waals surface area contributed by atoms with Gasteiger partial charge in [-0.05, 0) is 18.3 Å². The SMILES string of the molecule is CC(C)C12CC1CC(=O)NC2=O. The van der Waals surface area contributed by atoms with Crippen LogP contribution in [-0.2, 0) is 9.59 Å². The largest absolute Gasteiger partial charge is 0.296 e. The highest BCUT2D eigenvalue weighted by Gasteiger charge is 2.64. The van der Waals surface area contributed by atoms with Gasteiger partial charge in [-0.3, -0.25) is 14.9 Å². The lowest BCUT2D eigenvalue weighted by Crippen LogP contribution is -2.44. The van der Waals surface area contributed by atoms with Crippen molar-refractivity contribution in [3.05, 3.63) is 0 Å². The summed E-state index contributed by atoms with van der Waals surface area (Å²) in [5.74, 6) is 0.548. The van der Waals surface area contributed by atoms with Crippen molar-refractivity contribution >= 4 is 11.8 Å². The van der Waals surface area contributed by atoms with E-state index in [2.05, 4.69) is 19.2 Å². The monoisotopic (exact) mass is 167 g/mol.